The summed E-state index contributed by atoms with van der Waals surface area (Å²) in [5, 5.41) is 4.29. The van der Waals surface area contributed by atoms with Gasteiger partial charge in [0, 0.05) is 25.6 Å². The SMILES string of the molecule is COCC[C@H]1C[C@H]2C[C@@H](/C1=N/OC)C2(C)C. The molecule has 3 aliphatic rings. The second-order valence-electron chi connectivity index (χ2n) is 5.72. The predicted octanol–water partition coefficient (Wildman–Crippen LogP) is 2.71. The van der Waals surface area contributed by atoms with Crippen LogP contribution in [0.4, 0.5) is 0 Å². The highest BCUT2D eigenvalue weighted by Crippen LogP contribution is 2.59. The molecule has 0 aliphatic heterocycles. The van der Waals surface area contributed by atoms with Crippen LogP contribution in [-0.4, -0.2) is 26.5 Å². The molecule has 3 aliphatic carbocycles. The highest BCUT2D eigenvalue weighted by molar-refractivity contribution is 5.91. The van der Waals surface area contributed by atoms with Crippen molar-refractivity contribution in [1.82, 2.24) is 0 Å². The lowest BCUT2D eigenvalue weighted by Gasteiger charge is -2.59. The van der Waals surface area contributed by atoms with Gasteiger partial charge < -0.3 is 9.57 Å². The maximum absolute atomic E-state index is 5.18. The Labute approximate surface area is 98.2 Å². The topological polar surface area (TPSA) is 30.8 Å². The van der Waals surface area contributed by atoms with E-state index in [1.54, 1.807) is 14.2 Å². The first-order chi connectivity index (χ1) is 7.61. The lowest BCUT2D eigenvalue weighted by Crippen LogP contribution is -2.56. The van der Waals surface area contributed by atoms with Crippen LogP contribution in [0.3, 0.4) is 0 Å². The summed E-state index contributed by atoms with van der Waals surface area (Å²) in [4.78, 5) is 5.03. The zero-order valence-corrected chi connectivity index (χ0v) is 10.8. The molecule has 0 aromatic rings. The van der Waals surface area contributed by atoms with Crippen LogP contribution in [0.15, 0.2) is 5.16 Å². The van der Waals surface area contributed by atoms with E-state index in [1.165, 1.54) is 18.6 Å². The predicted molar refractivity (Wildman–Crippen MR) is 64.4 cm³/mol. The minimum Gasteiger partial charge on any atom is -0.399 e. The van der Waals surface area contributed by atoms with Crippen LogP contribution in [-0.2, 0) is 9.57 Å². The van der Waals surface area contributed by atoms with Crippen LogP contribution in [0.5, 0.6) is 0 Å². The van der Waals surface area contributed by atoms with Crippen LogP contribution in [0, 0.1) is 23.2 Å². The number of nitrogens with zero attached hydrogens (tertiary/aromatic N) is 1. The van der Waals surface area contributed by atoms with Crippen molar-refractivity contribution in [3.63, 3.8) is 0 Å². The first kappa shape index (κ1) is 11.9. The van der Waals surface area contributed by atoms with Crippen molar-refractivity contribution in [2.75, 3.05) is 20.8 Å². The lowest BCUT2D eigenvalue weighted by molar-refractivity contribution is -0.0208. The van der Waals surface area contributed by atoms with Gasteiger partial charge >= 0.3 is 0 Å². The second kappa shape index (κ2) is 4.36. The number of methoxy groups -OCH3 is 1. The average molecular weight is 225 g/mol. The van der Waals surface area contributed by atoms with E-state index in [4.69, 9.17) is 9.57 Å². The van der Waals surface area contributed by atoms with E-state index in [0.717, 1.165) is 18.9 Å². The van der Waals surface area contributed by atoms with E-state index in [9.17, 15) is 0 Å². The van der Waals surface area contributed by atoms with E-state index in [1.807, 2.05) is 0 Å². The summed E-state index contributed by atoms with van der Waals surface area (Å²) in [5.74, 6) is 2.08. The van der Waals surface area contributed by atoms with Gasteiger partial charge in [0.05, 0.1) is 5.71 Å². The lowest BCUT2D eigenvalue weighted by atomic mass is 9.46. The van der Waals surface area contributed by atoms with Crippen molar-refractivity contribution >= 4 is 5.71 Å². The molecule has 0 N–H and O–H groups in total. The number of rotatable bonds is 4. The molecule has 92 valence electrons. The van der Waals surface area contributed by atoms with E-state index in [2.05, 4.69) is 19.0 Å². The van der Waals surface area contributed by atoms with Gasteiger partial charge in [-0.15, -0.1) is 0 Å². The quantitative estimate of drug-likeness (QED) is 0.689. The number of oxime groups is 1. The largest absolute Gasteiger partial charge is 0.399 e. The summed E-state index contributed by atoms with van der Waals surface area (Å²) in [6.45, 7) is 5.56. The number of hydrogen-bond donors (Lipinski definition) is 0. The van der Waals surface area contributed by atoms with Gasteiger partial charge in [0.15, 0.2) is 0 Å². The molecular formula is C13H23NO2. The van der Waals surface area contributed by atoms with E-state index >= 15 is 0 Å². The molecule has 0 amide bonds. The first-order valence-corrected chi connectivity index (χ1v) is 6.21. The maximum Gasteiger partial charge on any atom is 0.106 e. The molecule has 0 spiro atoms. The molecule has 0 unspecified atom stereocenters. The molecule has 0 heterocycles. The van der Waals surface area contributed by atoms with E-state index in [0.29, 0.717) is 17.3 Å². The fourth-order valence-electron chi connectivity index (χ4n) is 3.44. The molecule has 3 saturated carbocycles. The van der Waals surface area contributed by atoms with Gasteiger partial charge in [0.2, 0.25) is 0 Å². The molecular weight excluding hydrogens is 202 g/mol. The third kappa shape index (κ3) is 1.75. The number of ether oxygens (including phenoxy) is 1. The summed E-state index contributed by atoms with van der Waals surface area (Å²) >= 11 is 0. The zero-order chi connectivity index (χ0) is 11.8. The highest BCUT2D eigenvalue weighted by Gasteiger charge is 2.56. The minimum absolute atomic E-state index is 0.431. The highest BCUT2D eigenvalue weighted by atomic mass is 16.6. The van der Waals surface area contributed by atoms with Crippen LogP contribution < -0.4 is 0 Å². The number of fused-ring (bicyclic) bond motifs is 2. The molecule has 0 aromatic heterocycles. The van der Waals surface area contributed by atoms with Crippen molar-refractivity contribution in [2.45, 2.75) is 33.1 Å². The molecule has 0 radical (unpaired) electrons. The smallest absolute Gasteiger partial charge is 0.106 e. The summed E-state index contributed by atoms with van der Waals surface area (Å²) < 4.78 is 5.18. The van der Waals surface area contributed by atoms with E-state index in [-0.39, 0.29) is 0 Å². The van der Waals surface area contributed by atoms with Gasteiger partial charge in [-0.3, -0.25) is 0 Å². The van der Waals surface area contributed by atoms with Gasteiger partial charge in [0.25, 0.3) is 0 Å². The van der Waals surface area contributed by atoms with Gasteiger partial charge in [-0.2, -0.15) is 0 Å². The Balaban J connectivity index is 2.09. The Morgan fingerprint density at radius 3 is 2.62 bits per heavy atom. The molecule has 0 aromatic carbocycles. The Bertz CT molecular complexity index is 286. The van der Waals surface area contributed by atoms with Crippen LogP contribution in [0.2, 0.25) is 0 Å². The Morgan fingerprint density at radius 1 is 1.31 bits per heavy atom. The average Bonchev–Trinajstić information content (AvgIpc) is 2.27. The van der Waals surface area contributed by atoms with Gasteiger partial charge in [-0.05, 0) is 30.6 Å². The summed E-state index contributed by atoms with van der Waals surface area (Å²) in [5.41, 5.74) is 1.72. The van der Waals surface area contributed by atoms with Crippen molar-refractivity contribution in [2.24, 2.45) is 28.3 Å². The normalized spacial score (nSPS) is 38.2. The van der Waals surface area contributed by atoms with E-state index < -0.39 is 0 Å². The maximum atomic E-state index is 5.18. The molecule has 3 nitrogen and oxygen atoms in total. The van der Waals surface area contributed by atoms with Gasteiger partial charge in [-0.25, -0.2) is 0 Å². The molecule has 3 rings (SSSR count). The van der Waals surface area contributed by atoms with Crippen molar-refractivity contribution in [1.29, 1.82) is 0 Å². The standard InChI is InChI=1S/C13H23NO2/c1-13(2)10-7-9(5-6-15-3)12(14-16-4)11(13)8-10/h9-11H,5-8H2,1-4H3/b14-12+/t9-,10-,11-/m0/s1. The molecule has 3 atom stereocenters. The molecule has 3 fully saturated rings. The third-order valence-electron chi connectivity index (χ3n) is 4.68. The second-order valence-corrected chi connectivity index (χ2v) is 5.72. The van der Waals surface area contributed by atoms with Crippen molar-refractivity contribution in [3.05, 3.63) is 0 Å². The molecule has 3 heteroatoms. The van der Waals surface area contributed by atoms with Crippen LogP contribution >= 0.6 is 0 Å². The Hall–Kier alpha value is -0.570. The fourth-order valence-corrected chi connectivity index (χ4v) is 3.44. The van der Waals surface area contributed by atoms with Gasteiger partial charge in [0.1, 0.15) is 7.11 Å². The monoisotopic (exact) mass is 225 g/mol. The molecule has 2 bridgehead atoms. The summed E-state index contributed by atoms with van der Waals surface area (Å²) in [6.07, 6.45) is 3.65. The van der Waals surface area contributed by atoms with Crippen LogP contribution in [0.25, 0.3) is 0 Å². The minimum atomic E-state index is 0.431. The van der Waals surface area contributed by atoms with Gasteiger partial charge in [-0.1, -0.05) is 19.0 Å². The Morgan fingerprint density at radius 2 is 2.06 bits per heavy atom. The molecule has 0 saturated heterocycles. The van der Waals surface area contributed by atoms with Crippen LogP contribution in [0.1, 0.15) is 33.1 Å². The Kier molecular flexibility index (Phi) is 3.24. The summed E-state index contributed by atoms with van der Waals surface area (Å²) in [7, 11) is 3.42. The number of hydrogen-bond acceptors (Lipinski definition) is 3. The fraction of sp³-hybridized carbons (Fsp3) is 0.923. The zero-order valence-electron chi connectivity index (χ0n) is 10.8. The summed E-state index contributed by atoms with van der Waals surface area (Å²) in [6, 6.07) is 0. The third-order valence-corrected chi connectivity index (χ3v) is 4.68. The van der Waals surface area contributed by atoms with Crippen molar-refractivity contribution in [3.8, 4) is 0 Å². The van der Waals surface area contributed by atoms with Crippen molar-refractivity contribution < 1.29 is 9.57 Å². The molecule has 16 heavy (non-hydrogen) atoms. The first-order valence-electron chi connectivity index (χ1n) is 6.21.